The number of nitrogens with zero attached hydrogens (tertiary/aromatic N) is 1. The Morgan fingerprint density at radius 1 is 1.67 bits per heavy atom. The van der Waals surface area contributed by atoms with Crippen molar-refractivity contribution in [1.82, 2.24) is 0 Å². The maximum atomic E-state index is 7.91. The van der Waals surface area contributed by atoms with Crippen LogP contribution in [-0.4, -0.2) is 18.3 Å². The molecule has 38 valence electrons. The van der Waals surface area contributed by atoms with Crippen molar-refractivity contribution in [2.45, 2.75) is 0 Å². The first kappa shape index (κ1) is 9.55. The van der Waals surface area contributed by atoms with Crippen LogP contribution in [0.25, 0.3) is 0 Å². The van der Waals surface area contributed by atoms with E-state index in [0.29, 0.717) is 6.54 Å². The molecule has 0 aliphatic heterocycles. The highest BCUT2D eigenvalue weighted by Crippen LogP contribution is 1.56. The van der Waals surface area contributed by atoms with E-state index in [9.17, 15) is 0 Å². The zero-order valence-electron chi connectivity index (χ0n) is 3.13. The largest absolute Gasteiger partial charge is 0.394 e. The molecule has 0 aliphatic carbocycles. The fourth-order valence-electron chi connectivity index (χ4n) is 0.0408. The molecule has 4 heteroatoms. The molecule has 0 bridgehead atoms. The topological polar surface area (TPSA) is 32.6 Å². The summed E-state index contributed by atoms with van der Waals surface area (Å²) < 4.78 is 3.19. The average molecular weight is 128 g/mol. The van der Waals surface area contributed by atoms with Crippen LogP contribution in [-0.2, 0) is 12.4 Å². The van der Waals surface area contributed by atoms with Crippen molar-refractivity contribution in [1.29, 1.82) is 0 Å². The van der Waals surface area contributed by atoms with Crippen molar-refractivity contribution < 1.29 is 5.11 Å². The Hall–Kier alpha value is 0.270. The van der Waals surface area contributed by atoms with E-state index < -0.39 is 0 Å². The maximum absolute atomic E-state index is 7.91. The van der Waals surface area contributed by atoms with Crippen molar-refractivity contribution in [3.05, 3.63) is 0 Å². The highest BCUT2D eigenvalue weighted by atomic mass is 35.5. The molecule has 0 saturated heterocycles. The van der Waals surface area contributed by atoms with Gasteiger partial charge in [-0.3, -0.25) is 0 Å². The first-order valence-electron chi connectivity index (χ1n) is 1.32. The number of hydrogen-bond donors (Lipinski definition) is 1. The number of aliphatic hydroxyl groups is 1. The van der Waals surface area contributed by atoms with E-state index in [-0.39, 0.29) is 19.0 Å². The molecule has 0 radical (unpaired) electrons. The molecule has 0 aromatic rings. The normalized spacial score (nSPS) is 6.17. The third-order valence-corrected chi connectivity index (χ3v) is 0.374. The second-order valence-corrected chi connectivity index (χ2v) is 0.835. The van der Waals surface area contributed by atoms with Crippen LogP contribution in [0.2, 0.25) is 0 Å². The number of rotatable bonds is 2. The predicted molar refractivity (Wildman–Crippen MR) is 29.0 cm³/mol. The van der Waals surface area contributed by atoms with Gasteiger partial charge in [0.2, 0.25) is 0 Å². The van der Waals surface area contributed by atoms with Crippen LogP contribution in [0.5, 0.6) is 0 Å². The Labute approximate surface area is 48.1 Å². The molecule has 0 saturated carbocycles. The summed E-state index contributed by atoms with van der Waals surface area (Å²) in [6.07, 6.45) is 0. The molecular formula is C2H6ClNOS. The predicted octanol–water partition coefficient (Wildman–Crippen LogP) is 0.131. The van der Waals surface area contributed by atoms with E-state index in [1.165, 1.54) is 0 Å². The van der Waals surface area contributed by atoms with Gasteiger partial charge >= 0.3 is 0 Å². The molecular weight excluding hydrogens is 122 g/mol. The second-order valence-electron chi connectivity index (χ2n) is 0.576. The van der Waals surface area contributed by atoms with Crippen LogP contribution in [0.4, 0.5) is 0 Å². The minimum atomic E-state index is 0. The first-order valence-corrected chi connectivity index (χ1v) is 1.68. The Kier molecular flexibility index (Phi) is 14.3. The highest BCUT2D eigenvalue weighted by Gasteiger charge is 1.64. The zero-order chi connectivity index (χ0) is 4.12. The Morgan fingerprint density at radius 3 is 2.17 bits per heavy atom. The maximum Gasteiger partial charge on any atom is 0.0752 e. The minimum absolute atomic E-state index is 0. The monoisotopic (exact) mass is 127 g/mol. The summed E-state index contributed by atoms with van der Waals surface area (Å²) in [7, 11) is 0. The molecule has 0 unspecified atom stereocenters. The molecule has 0 heterocycles. The Morgan fingerprint density at radius 2 is 2.17 bits per heavy atom. The van der Waals surface area contributed by atoms with Gasteiger partial charge in [-0.1, -0.05) is 0 Å². The van der Waals surface area contributed by atoms with E-state index in [4.69, 9.17) is 5.11 Å². The zero-order valence-corrected chi connectivity index (χ0v) is 4.76. The molecule has 0 fully saturated rings. The third kappa shape index (κ3) is 8.86. The molecule has 0 aromatic heterocycles. The summed E-state index contributed by atoms with van der Waals surface area (Å²) in [5, 5.41) is 7.91. The van der Waals surface area contributed by atoms with Gasteiger partial charge in [-0.2, -0.15) is 0 Å². The van der Waals surface area contributed by atoms with E-state index in [0.717, 1.165) is 0 Å². The summed E-state index contributed by atoms with van der Waals surface area (Å²) in [6, 6.07) is 0. The van der Waals surface area contributed by atoms with Crippen molar-refractivity contribution in [2.75, 3.05) is 13.2 Å². The van der Waals surface area contributed by atoms with E-state index in [2.05, 4.69) is 16.8 Å². The molecule has 0 amide bonds. The van der Waals surface area contributed by atoms with Gasteiger partial charge in [0.05, 0.1) is 13.2 Å². The van der Waals surface area contributed by atoms with Crippen molar-refractivity contribution in [3.8, 4) is 0 Å². The van der Waals surface area contributed by atoms with Crippen molar-refractivity contribution >= 4 is 24.8 Å². The SMILES string of the molecule is Cl.OCCN=S. The number of halogens is 1. The lowest BCUT2D eigenvalue weighted by atomic mass is 10.8. The first-order chi connectivity index (χ1) is 2.41. The minimum Gasteiger partial charge on any atom is -0.394 e. The van der Waals surface area contributed by atoms with Gasteiger partial charge in [-0.15, -0.1) is 12.4 Å². The second kappa shape index (κ2) is 8.99. The summed E-state index contributed by atoms with van der Waals surface area (Å²) in [5.41, 5.74) is 0. The molecule has 0 spiro atoms. The lowest BCUT2D eigenvalue weighted by molar-refractivity contribution is 0.307. The van der Waals surface area contributed by atoms with Crippen LogP contribution < -0.4 is 0 Å². The van der Waals surface area contributed by atoms with Crippen molar-refractivity contribution in [3.63, 3.8) is 0 Å². The standard InChI is InChI=1S/C2H5NOS.ClH/c4-2-1-3-5;/h4H,1-2H2;1H. The van der Waals surface area contributed by atoms with E-state index in [1.54, 1.807) is 0 Å². The van der Waals surface area contributed by atoms with E-state index in [1.807, 2.05) is 0 Å². The smallest absolute Gasteiger partial charge is 0.0752 e. The number of aliphatic hydroxyl groups excluding tert-OH is 1. The molecule has 0 aromatic carbocycles. The summed E-state index contributed by atoms with van der Waals surface area (Å²) >= 11 is 4.12. The lowest BCUT2D eigenvalue weighted by Crippen LogP contribution is -1.82. The van der Waals surface area contributed by atoms with Crippen LogP contribution in [0.3, 0.4) is 0 Å². The van der Waals surface area contributed by atoms with Crippen molar-refractivity contribution in [2.24, 2.45) is 4.36 Å². The van der Waals surface area contributed by atoms with Gasteiger partial charge in [-0.25, -0.2) is 4.36 Å². The lowest BCUT2D eigenvalue weighted by Gasteiger charge is -1.72. The molecule has 6 heavy (non-hydrogen) atoms. The average Bonchev–Trinajstić information content (AvgIpc) is 1.41. The van der Waals surface area contributed by atoms with Gasteiger partial charge in [0.1, 0.15) is 0 Å². The summed E-state index contributed by atoms with van der Waals surface area (Å²) in [6.45, 7) is 0.457. The third-order valence-electron chi connectivity index (χ3n) is 0.191. The molecule has 1 N–H and O–H groups in total. The molecule has 0 rings (SSSR count). The fourth-order valence-corrected chi connectivity index (χ4v) is 0.122. The van der Waals surface area contributed by atoms with Crippen LogP contribution in [0.15, 0.2) is 4.36 Å². The van der Waals surface area contributed by atoms with Gasteiger partial charge in [0.15, 0.2) is 0 Å². The Bertz CT molecular complexity index is 34.7. The highest BCUT2D eigenvalue weighted by molar-refractivity contribution is 7.47. The van der Waals surface area contributed by atoms with Crippen LogP contribution in [0.1, 0.15) is 0 Å². The van der Waals surface area contributed by atoms with Crippen LogP contribution >= 0.6 is 12.4 Å². The van der Waals surface area contributed by atoms with Gasteiger partial charge < -0.3 is 5.11 Å². The van der Waals surface area contributed by atoms with Gasteiger partial charge in [0.25, 0.3) is 0 Å². The quantitative estimate of drug-likeness (QED) is 0.572. The fraction of sp³-hybridized carbons (Fsp3) is 1.00. The Balaban J connectivity index is 0. The number of hydrogen-bond acceptors (Lipinski definition) is 3. The molecule has 0 aliphatic rings. The van der Waals surface area contributed by atoms with Gasteiger partial charge in [-0.05, 0) is 0 Å². The van der Waals surface area contributed by atoms with Gasteiger partial charge in [0, 0.05) is 12.4 Å². The molecule has 0 atom stereocenters. The summed E-state index contributed by atoms with van der Waals surface area (Å²) in [5.74, 6) is 0. The summed E-state index contributed by atoms with van der Waals surface area (Å²) in [4.78, 5) is 0. The van der Waals surface area contributed by atoms with E-state index >= 15 is 0 Å². The molecule has 2 nitrogen and oxygen atoms in total. The van der Waals surface area contributed by atoms with Crippen LogP contribution in [0, 0.1) is 0 Å².